The summed E-state index contributed by atoms with van der Waals surface area (Å²) in [6, 6.07) is 10.3. The van der Waals surface area contributed by atoms with Crippen LogP contribution in [-0.4, -0.2) is 32.7 Å². The van der Waals surface area contributed by atoms with E-state index >= 15 is 0 Å². The van der Waals surface area contributed by atoms with Gasteiger partial charge in [-0.15, -0.1) is 0 Å². The largest absolute Gasteiger partial charge is 0.444 e. The molecular formula is C18H23N3O2. The standard InChI is InChI=1S/C18H23N3O2/c1-18(2,3)23-17(22)20-10-9-16-15(12-20)19-13-21(16)11-14-7-5-4-6-8-14/h4-8,13H,9-12H2,1-3H3. The van der Waals surface area contributed by atoms with Gasteiger partial charge in [0.15, 0.2) is 0 Å². The highest BCUT2D eigenvalue weighted by Crippen LogP contribution is 2.21. The van der Waals surface area contributed by atoms with Gasteiger partial charge in [-0.25, -0.2) is 9.78 Å². The maximum atomic E-state index is 12.2. The third kappa shape index (κ3) is 3.73. The van der Waals surface area contributed by atoms with Gasteiger partial charge in [-0.2, -0.15) is 0 Å². The summed E-state index contributed by atoms with van der Waals surface area (Å²) in [5, 5.41) is 0. The zero-order valence-corrected chi connectivity index (χ0v) is 14.0. The van der Waals surface area contributed by atoms with Gasteiger partial charge in [0, 0.05) is 25.2 Å². The quantitative estimate of drug-likeness (QED) is 0.855. The number of amides is 1. The zero-order valence-electron chi connectivity index (χ0n) is 14.0. The molecule has 0 saturated carbocycles. The predicted octanol–water partition coefficient (Wildman–Crippen LogP) is 3.22. The topological polar surface area (TPSA) is 47.4 Å². The van der Waals surface area contributed by atoms with E-state index in [-0.39, 0.29) is 6.09 Å². The molecule has 0 N–H and O–H groups in total. The molecule has 122 valence electrons. The minimum atomic E-state index is -0.468. The fourth-order valence-electron chi connectivity index (χ4n) is 2.77. The molecule has 3 rings (SSSR count). The van der Waals surface area contributed by atoms with Crippen molar-refractivity contribution in [2.45, 2.75) is 45.9 Å². The fourth-order valence-corrected chi connectivity index (χ4v) is 2.77. The van der Waals surface area contributed by atoms with Gasteiger partial charge in [0.05, 0.1) is 18.6 Å². The molecule has 0 aliphatic carbocycles. The van der Waals surface area contributed by atoms with Crippen LogP contribution in [0.1, 0.15) is 37.7 Å². The first kappa shape index (κ1) is 15.6. The SMILES string of the molecule is CC(C)(C)OC(=O)N1CCc2c(ncn2Cc2ccccc2)C1. The van der Waals surface area contributed by atoms with Gasteiger partial charge >= 0.3 is 6.09 Å². The fraction of sp³-hybridized carbons (Fsp3) is 0.444. The summed E-state index contributed by atoms with van der Waals surface area (Å²) in [5.41, 5.74) is 2.97. The molecule has 0 fully saturated rings. The second-order valence-corrected chi connectivity index (χ2v) is 6.90. The average molecular weight is 313 g/mol. The van der Waals surface area contributed by atoms with Crippen molar-refractivity contribution in [3.8, 4) is 0 Å². The van der Waals surface area contributed by atoms with E-state index in [9.17, 15) is 4.79 Å². The minimum absolute atomic E-state index is 0.263. The van der Waals surface area contributed by atoms with E-state index in [2.05, 4.69) is 21.7 Å². The van der Waals surface area contributed by atoms with E-state index in [4.69, 9.17) is 4.74 Å². The second-order valence-electron chi connectivity index (χ2n) is 6.90. The smallest absolute Gasteiger partial charge is 0.410 e. The minimum Gasteiger partial charge on any atom is -0.444 e. The van der Waals surface area contributed by atoms with Crippen molar-refractivity contribution in [3.05, 3.63) is 53.6 Å². The molecule has 0 spiro atoms. The Kier molecular flexibility index (Phi) is 4.11. The first-order valence-corrected chi connectivity index (χ1v) is 7.97. The Morgan fingerprint density at radius 3 is 2.70 bits per heavy atom. The molecule has 1 aliphatic heterocycles. The number of imidazole rings is 1. The first-order chi connectivity index (χ1) is 10.9. The third-order valence-corrected chi connectivity index (χ3v) is 3.84. The van der Waals surface area contributed by atoms with Gasteiger partial charge in [-0.3, -0.25) is 0 Å². The molecule has 1 aromatic carbocycles. The highest BCUT2D eigenvalue weighted by molar-refractivity contribution is 5.68. The van der Waals surface area contributed by atoms with E-state index in [0.29, 0.717) is 13.1 Å². The number of fused-ring (bicyclic) bond motifs is 1. The molecular weight excluding hydrogens is 290 g/mol. The van der Waals surface area contributed by atoms with Crippen molar-refractivity contribution in [3.63, 3.8) is 0 Å². The number of hydrogen-bond donors (Lipinski definition) is 0. The molecule has 23 heavy (non-hydrogen) atoms. The molecule has 1 amide bonds. The molecule has 0 unspecified atom stereocenters. The maximum Gasteiger partial charge on any atom is 0.410 e. The number of carbonyl (C=O) groups is 1. The Hall–Kier alpha value is -2.30. The van der Waals surface area contributed by atoms with Crippen LogP contribution >= 0.6 is 0 Å². The molecule has 2 aromatic rings. The highest BCUT2D eigenvalue weighted by atomic mass is 16.6. The maximum absolute atomic E-state index is 12.2. The number of benzene rings is 1. The van der Waals surface area contributed by atoms with E-state index in [0.717, 1.165) is 18.7 Å². The zero-order chi connectivity index (χ0) is 16.4. The van der Waals surface area contributed by atoms with Crippen LogP contribution in [0.5, 0.6) is 0 Å². The van der Waals surface area contributed by atoms with Crippen molar-refractivity contribution in [2.24, 2.45) is 0 Å². The van der Waals surface area contributed by atoms with Gasteiger partial charge in [0.2, 0.25) is 0 Å². The van der Waals surface area contributed by atoms with Crippen LogP contribution in [0.25, 0.3) is 0 Å². The Morgan fingerprint density at radius 1 is 1.26 bits per heavy atom. The third-order valence-electron chi connectivity index (χ3n) is 3.84. The average Bonchev–Trinajstić information content (AvgIpc) is 2.89. The molecule has 1 aromatic heterocycles. The Morgan fingerprint density at radius 2 is 2.00 bits per heavy atom. The number of rotatable bonds is 2. The summed E-state index contributed by atoms with van der Waals surface area (Å²) in [6.45, 7) is 7.66. The van der Waals surface area contributed by atoms with Gasteiger partial charge in [-0.05, 0) is 26.3 Å². The Bertz CT molecular complexity index is 686. The van der Waals surface area contributed by atoms with Crippen LogP contribution in [0.2, 0.25) is 0 Å². The second kappa shape index (κ2) is 6.07. The molecule has 5 nitrogen and oxygen atoms in total. The number of aromatic nitrogens is 2. The highest BCUT2D eigenvalue weighted by Gasteiger charge is 2.27. The summed E-state index contributed by atoms with van der Waals surface area (Å²) < 4.78 is 7.62. The van der Waals surface area contributed by atoms with E-state index in [1.54, 1.807) is 4.90 Å². The lowest BCUT2D eigenvalue weighted by molar-refractivity contribution is 0.0220. The molecule has 0 bridgehead atoms. The lowest BCUT2D eigenvalue weighted by atomic mass is 10.1. The van der Waals surface area contributed by atoms with Gasteiger partial charge < -0.3 is 14.2 Å². The van der Waals surface area contributed by atoms with Crippen molar-refractivity contribution in [2.75, 3.05) is 6.54 Å². The molecule has 0 radical (unpaired) electrons. The van der Waals surface area contributed by atoms with Crippen LogP contribution < -0.4 is 0 Å². The normalized spacial score (nSPS) is 14.5. The molecule has 0 saturated heterocycles. The van der Waals surface area contributed by atoms with Crippen LogP contribution in [-0.2, 0) is 24.2 Å². The van der Waals surface area contributed by atoms with Crippen molar-refractivity contribution in [1.29, 1.82) is 0 Å². The van der Waals surface area contributed by atoms with Crippen molar-refractivity contribution < 1.29 is 9.53 Å². The Labute approximate surface area is 136 Å². The van der Waals surface area contributed by atoms with Crippen LogP contribution in [0, 0.1) is 0 Å². The van der Waals surface area contributed by atoms with Gasteiger partial charge in [0.25, 0.3) is 0 Å². The lowest BCUT2D eigenvalue weighted by Crippen LogP contribution is -2.40. The molecule has 5 heteroatoms. The summed E-state index contributed by atoms with van der Waals surface area (Å²) >= 11 is 0. The monoisotopic (exact) mass is 313 g/mol. The summed E-state index contributed by atoms with van der Waals surface area (Å²) in [5.74, 6) is 0. The van der Waals surface area contributed by atoms with Crippen molar-refractivity contribution >= 4 is 6.09 Å². The van der Waals surface area contributed by atoms with E-state index in [1.165, 1.54) is 11.3 Å². The Balaban J connectivity index is 1.70. The summed E-state index contributed by atoms with van der Waals surface area (Å²) in [4.78, 5) is 18.4. The molecule has 2 heterocycles. The molecule has 1 aliphatic rings. The van der Waals surface area contributed by atoms with E-state index in [1.807, 2.05) is 45.3 Å². The van der Waals surface area contributed by atoms with Gasteiger partial charge in [0.1, 0.15) is 5.60 Å². The van der Waals surface area contributed by atoms with Crippen LogP contribution in [0.15, 0.2) is 36.7 Å². The van der Waals surface area contributed by atoms with Crippen LogP contribution in [0.3, 0.4) is 0 Å². The number of carbonyl (C=O) groups excluding carboxylic acids is 1. The number of ether oxygens (including phenoxy) is 1. The number of hydrogen-bond acceptors (Lipinski definition) is 3. The summed E-state index contributed by atoms with van der Waals surface area (Å²) in [7, 11) is 0. The first-order valence-electron chi connectivity index (χ1n) is 7.97. The van der Waals surface area contributed by atoms with Crippen LogP contribution in [0.4, 0.5) is 4.79 Å². The predicted molar refractivity (Wildman–Crippen MR) is 88.1 cm³/mol. The lowest BCUT2D eigenvalue weighted by Gasteiger charge is -2.30. The van der Waals surface area contributed by atoms with Gasteiger partial charge in [-0.1, -0.05) is 30.3 Å². The van der Waals surface area contributed by atoms with Crippen molar-refractivity contribution in [1.82, 2.24) is 14.5 Å². The summed E-state index contributed by atoms with van der Waals surface area (Å²) in [6.07, 6.45) is 2.42. The van der Waals surface area contributed by atoms with E-state index < -0.39 is 5.60 Å². The number of nitrogens with zero attached hydrogens (tertiary/aromatic N) is 3. The molecule has 0 atom stereocenters.